The Hall–Kier alpha value is -1.73. The third-order valence-corrected chi connectivity index (χ3v) is 5.37. The number of hydrogen-bond donors (Lipinski definition) is 1. The largest absolute Gasteiger partial charge is 0.491 e. The second kappa shape index (κ2) is 11.5. The van der Waals surface area contributed by atoms with Gasteiger partial charge in [-0.1, -0.05) is 24.4 Å². The van der Waals surface area contributed by atoms with E-state index >= 15 is 0 Å². The van der Waals surface area contributed by atoms with Crippen molar-refractivity contribution in [3.8, 4) is 5.75 Å². The van der Waals surface area contributed by atoms with Gasteiger partial charge in [0, 0.05) is 36.4 Å². The van der Waals surface area contributed by atoms with Gasteiger partial charge in [-0.05, 0) is 57.2 Å². The van der Waals surface area contributed by atoms with Gasteiger partial charge < -0.3 is 14.7 Å². The molecule has 158 valence electrons. The van der Waals surface area contributed by atoms with E-state index in [0.29, 0.717) is 24.7 Å². The average Bonchev–Trinajstić information content (AvgIpc) is 2.97. The summed E-state index contributed by atoms with van der Waals surface area (Å²) in [5.74, 6) is 0.763. The summed E-state index contributed by atoms with van der Waals surface area (Å²) in [4.78, 5) is 12.7. The maximum Gasteiger partial charge on any atom is 0.124 e. The maximum atomic E-state index is 10.5. The van der Waals surface area contributed by atoms with Gasteiger partial charge in [0.1, 0.15) is 24.8 Å². The lowest BCUT2D eigenvalue weighted by Gasteiger charge is -2.24. The lowest BCUT2D eigenvalue weighted by atomic mass is 10.2. The highest BCUT2D eigenvalue weighted by molar-refractivity contribution is 6.30. The first-order valence-corrected chi connectivity index (χ1v) is 10.7. The van der Waals surface area contributed by atoms with E-state index in [4.69, 9.17) is 16.3 Å². The summed E-state index contributed by atoms with van der Waals surface area (Å²) in [7, 11) is 2.03. The van der Waals surface area contributed by atoms with Crippen LogP contribution >= 0.6 is 11.6 Å². The van der Waals surface area contributed by atoms with Crippen molar-refractivity contribution >= 4 is 11.6 Å². The van der Waals surface area contributed by atoms with Crippen molar-refractivity contribution in [3.05, 3.63) is 53.1 Å². The van der Waals surface area contributed by atoms with Crippen molar-refractivity contribution in [1.29, 1.82) is 0 Å². The van der Waals surface area contributed by atoms with Gasteiger partial charge >= 0.3 is 0 Å². The molecule has 1 saturated heterocycles. The van der Waals surface area contributed by atoms with Crippen molar-refractivity contribution in [3.63, 3.8) is 0 Å². The second-order valence-corrected chi connectivity index (χ2v) is 8.24. The molecule has 1 N–H and O–H groups in total. The molecule has 1 aromatic heterocycles. The molecular weight excluding hydrogens is 388 g/mol. The zero-order chi connectivity index (χ0) is 20.5. The van der Waals surface area contributed by atoms with Gasteiger partial charge in [-0.15, -0.1) is 0 Å². The van der Waals surface area contributed by atoms with Crippen molar-refractivity contribution in [2.24, 2.45) is 0 Å². The molecule has 1 aromatic carbocycles. The van der Waals surface area contributed by atoms with Crippen LogP contribution in [0.15, 0.2) is 36.8 Å². The zero-order valence-electron chi connectivity index (χ0n) is 17.1. The van der Waals surface area contributed by atoms with E-state index in [2.05, 4.69) is 19.8 Å². The standard InChI is InChI=1S/C22H31ClN4O2/c1-26(14-20-8-9-24-17-25-20)13-18-12-19(23)6-7-22(18)29-16-21(28)15-27-10-4-2-3-5-11-27/h6-9,12,17,21,28H,2-5,10-11,13-16H2,1H3. The first kappa shape index (κ1) is 22.0. The molecule has 7 heteroatoms. The number of ether oxygens (including phenoxy) is 1. The summed E-state index contributed by atoms with van der Waals surface area (Å²) in [5, 5.41) is 11.1. The fraction of sp³-hybridized carbons (Fsp3) is 0.545. The van der Waals surface area contributed by atoms with Crippen LogP contribution in [-0.4, -0.2) is 64.3 Å². The van der Waals surface area contributed by atoms with Gasteiger partial charge in [-0.2, -0.15) is 0 Å². The Morgan fingerprint density at radius 3 is 2.69 bits per heavy atom. The third kappa shape index (κ3) is 7.55. The first-order chi connectivity index (χ1) is 14.1. The lowest BCUT2D eigenvalue weighted by molar-refractivity contribution is 0.0687. The van der Waals surface area contributed by atoms with Crippen molar-refractivity contribution < 1.29 is 9.84 Å². The minimum Gasteiger partial charge on any atom is -0.491 e. The molecule has 2 heterocycles. The number of aliphatic hydroxyl groups is 1. The number of benzene rings is 1. The van der Waals surface area contributed by atoms with Crippen LogP contribution in [0.2, 0.25) is 5.02 Å². The predicted octanol–water partition coefficient (Wildman–Crippen LogP) is 3.38. The fourth-order valence-electron chi connectivity index (χ4n) is 3.70. The molecule has 1 fully saturated rings. The molecule has 0 amide bonds. The number of halogens is 1. The van der Waals surface area contributed by atoms with Crippen LogP contribution in [0.25, 0.3) is 0 Å². The molecule has 2 aromatic rings. The molecule has 0 spiro atoms. The molecule has 0 saturated carbocycles. The van der Waals surface area contributed by atoms with Crippen LogP contribution < -0.4 is 4.74 Å². The van der Waals surface area contributed by atoms with Gasteiger partial charge in [0.25, 0.3) is 0 Å². The van der Waals surface area contributed by atoms with Crippen molar-refractivity contribution in [2.75, 3.05) is 33.3 Å². The van der Waals surface area contributed by atoms with E-state index in [1.54, 1.807) is 12.5 Å². The Balaban J connectivity index is 1.54. The van der Waals surface area contributed by atoms with Gasteiger partial charge in [-0.25, -0.2) is 9.97 Å². The summed E-state index contributed by atoms with van der Waals surface area (Å²) in [5.41, 5.74) is 1.95. The summed E-state index contributed by atoms with van der Waals surface area (Å²) in [6, 6.07) is 7.54. The molecule has 1 unspecified atom stereocenters. The normalized spacial score (nSPS) is 16.6. The quantitative estimate of drug-likeness (QED) is 0.673. The minimum atomic E-state index is -0.504. The van der Waals surface area contributed by atoms with Crippen LogP contribution in [0.1, 0.15) is 36.9 Å². The van der Waals surface area contributed by atoms with E-state index < -0.39 is 6.10 Å². The Bertz CT molecular complexity index is 739. The van der Waals surface area contributed by atoms with E-state index in [1.165, 1.54) is 25.7 Å². The molecule has 1 atom stereocenters. The summed E-state index contributed by atoms with van der Waals surface area (Å²) < 4.78 is 5.99. The number of likely N-dealkylation sites (tertiary alicyclic amines) is 1. The Morgan fingerprint density at radius 2 is 1.97 bits per heavy atom. The van der Waals surface area contributed by atoms with Crippen LogP contribution in [-0.2, 0) is 13.1 Å². The van der Waals surface area contributed by atoms with E-state index in [-0.39, 0.29) is 6.61 Å². The predicted molar refractivity (Wildman–Crippen MR) is 115 cm³/mol. The van der Waals surface area contributed by atoms with E-state index in [9.17, 15) is 5.11 Å². The molecule has 0 radical (unpaired) electrons. The number of rotatable bonds is 9. The highest BCUT2D eigenvalue weighted by atomic mass is 35.5. The Morgan fingerprint density at radius 1 is 1.17 bits per heavy atom. The van der Waals surface area contributed by atoms with Gasteiger partial charge in [0.05, 0.1) is 5.69 Å². The average molecular weight is 419 g/mol. The highest BCUT2D eigenvalue weighted by Crippen LogP contribution is 2.25. The van der Waals surface area contributed by atoms with Gasteiger partial charge in [-0.3, -0.25) is 4.90 Å². The molecule has 3 rings (SSSR count). The highest BCUT2D eigenvalue weighted by Gasteiger charge is 2.16. The summed E-state index contributed by atoms with van der Waals surface area (Å²) >= 11 is 6.22. The van der Waals surface area contributed by atoms with Crippen LogP contribution in [0, 0.1) is 0 Å². The van der Waals surface area contributed by atoms with E-state index in [1.807, 2.05) is 31.3 Å². The zero-order valence-corrected chi connectivity index (χ0v) is 17.9. The molecule has 1 aliphatic heterocycles. The molecular formula is C22H31ClN4O2. The molecule has 0 aliphatic carbocycles. The van der Waals surface area contributed by atoms with Crippen LogP contribution in [0.3, 0.4) is 0 Å². The van der Waals surface area contributed by atoms with Gasteiger partial charge in [0.15, 0.2) is 0 Å². The number of aliphatic hydroxyl groups excluding tert-OH is 1. The number of aromatic nitrogens is 2. The summed E-state index contributed by atoms with van der Waals surface area (Å²) in [6.07, 6.45) is 7.81. The molecule has 1 aliphatic rings. The Labute approximate surface area is 178 Å². The molecule has 6 nitrogen and oxygen atoms in total. The summed E-state index contributed by atoms with van der Waals surface area (Å²) in [6.45, 7) is 4.44. The van der Waals surface area contributed by atoms with Crippen LogP contribution in [0.4, 0.5) is 0 Å². The maximum absolute atomic E-state index is 10.5. The topological polar surface area (TPSA) is 61.7 Å². The molecule has 29 heavy (non-hydrogen) atoms. The SMILES string of the molecule is CN(Cc1ccncn1)Cc1cc(Cl)ccc1OCC(O)CN1CCCCCC1. The Kier molecular flexibility index (Phi) is 8.68. The van der Waals surface area contributed by atoms with Crippen molar-refractivity contribution in [2.45, 2.75) is 44.9 Å². The van der Waals surface area contributed by atoms with Crippen LogP contribution in [0.5, 0.6) is 5.75 Å². The number of β-amino-alcohol motifs (C(OH)–C–C–N with tert-alkyl or cyclic N) is 1. The second-order valence-electron chi connectivity index (χ2n) is 7.80. The van der Waals surface area contributed by atoms with Crippen molar-refractivity contribution in [1.82, 2.24) is 19.8 Å². The van der Waals surface area contributed by atoms with Gasteiger partial charge in [0.2, 0.25) is 0 Å². The smallest absolute Gasteiger partial charge is 0.124 e. The molecule has 0 bridgehead atoms. The number of hydrogen-bond acceptors (Lipinski definition) is 6. The first-order valence-electron chi connectivity index (χ1n) is 10.4. The third-order valence-electron chi connectivity index (χ3n) is 5.14. The lowest BCUT2D eigenvalue weighted by Crippen LogP contribution is -2.36. The minimum absolute atomic E-state index is 0.279. The number of nitrogens with zero attached hydrogens (tertiary/aromatic N) is 4. The monoisotopic (exact) mass is 418 g/mol. The fourth-order valence-corrected chi connectivity index (χ4v) is 3.90. The van der Waals surface area contributed by atoms with E-state index in [0.717, 1.165) is 30.1 Å².